The number of nitrogens with one attached hydrogen (secondary N) is 3. The molecule has 4 aromatic rings. The van der Waals surface area contributed by atoms with Crippen LogP contribution in [0.5, 0.6) is 0 Å². The molecule has 0 saturated carbocycles. The fraction of sp³-hybridized carbons (Fsp3) is 0.269. The topological polar surface area (TPSA) is 118 Å². The Bertz CT molecular complexity index is 1600. The molecular weight excluding hydrogens is 533 g/mol. The van der Waals surface area contributed by atoms with Crippen LogP contribution in [-0.2, 0) is 12.7 Å². The molecule has 0 radical (unpaired) electrons. The van der Waals surface area contributed by atoms with Gasteiger partial charge in [0.05, 0.1) is 17.4 Å². The van der Waals surface area contributed by atoms with E-state index in [0.717, 1.165) is 5.38 Å². The molecule has 0 aliphatic carbocycles. The number of para-hydroxylation sites is 1. The van der Waals surface area contributed by atoms with Crippen molar-refractivity contribution in [1.82, 2.24) is 19.9 Å². The predicted molar refractivity (Wildman–Crippen MR) is 144 cm³/mol. The molecule has 204 valence electrons. The second kappa shape index (κ2) is 11.2. The number of aromatic nitrogens is 3. The number of carbonyl (C=O) groups is 2. The minimum Gasteiger partial charge on any atom is -0.346 e. The number of hydrogen-bond donors (Lipinski definition) is 3. The van der Waals surface area contributed by atoms with Crippen LogP contribution in [0.3, 0.4) is 0 Å². The first kappa shape index (κ1) is 27.8. The minimum absolute atomic E-state index is 0.0208. The molecule has 0 bridgehead atoms. The summed E-state index contributed by atoms with van der Waals surface area (Å²) in [5, 5.41) is 8.77. The average Bonchev–Trinajstić information content (AvgIpc) is 3.37. The second-order valence-electron chi connectivity index (χ2n) is 9.02. The number of benzene rings is 1. The van der Waals surface area contributed by atoms with E-state index >= 15 is 0 Å². The first-order valence-electron chi connectivity index (χ1n) is 12.0. The summed E-state index contributed by atoms with van der Waals surface area (Å²) in [6.45, 7) is 6.61. The minimum atomic E-state index is -4.67. The van der Waals surface area contributed by atoms with Gasteiger partial charge in [0.1, 0.15) is 16.4 Å². The van der Waals surface area contributed by atoms with Gasteiger partial charge in [-0.2, -0.15) is 13.2 Å². The van der Waals surface area contributed by atoms with Crippen molar-refractivity contribution < 1.29 is 22.8 Å². The lowest BCUT2D eigenvalue weighted by Gasteiger charge is -2.16. The highest BCUT2D eigenvalue weighted by molar-refractivity contribution is 7.13. The highest BCUT2D eigenvalue weighted by atomic mass is 32.1. The maximum atomic E-state index is 13.4. The summed E-state index contributed by atoms with van der Waals surface area (Å²) in [5.74, 6) is -0.508. The first-order chi connectivity index (χ1) is 18.5. The third-order valence-electron chi connectivity index (χ3n) is 5.55. The van der Waals surface area contributed by atoms with Gasteiger partial charge in [-0.1, -0.05) is 26.0 Å². The molecule has 3 amide bonds. The van der Waals surface area contributed by atoms with Crippen LogP contribution in [0.4, 0.5) is 29.5 Å². The van der Waals surface area contributed by atoms with Gasteiger partial charge in [0.15, 0.2) is 5.69 Å². The standard InChI is InChI=1S/C26H25F3N6O3S/c1-4-30-25(38)34-21-9-16(24-33-20(13-39-24)26(27,28)29)18(10-31-21)32-23(37)17-12-35(11-14(2)3)19-8-6-5-7-15(19)22(17)36/h5-10,12-14H,4,11H2,1-3H3,(H,32,37)(H2,30,31,34,38). The van der Waals surface area contributed by atoms with E-state index in [1.807, 2.05) is 18.4 Å². The van der Waals surface area contributed by atoms with Crippen LogP contribution in [-0.4, -0.2) is 33.0 Å². The van der Waals surface area contributed by atoms with Crippen molar-refractivity contribution in [2.24, 2.45) is 5.92 Å². The van der Waals surface area contributed by atoms with Gasteiger partial charge in [0.25, 0.3) is 5.91 Å². The number of rotatable bonds is 7. The number of alkyl halides is 3. The number of nitrogens with zero attached hydrogens (tertiary/aromatic N) is 3. The summed E-state index contributed by atoms with van der Waals surface area (Å²) in [6.07, 6.45) is -2.00. The Morgan fingerprint density at radius 2 is 1.90 bits per heavy atom. The summed E-state index contributed by atoms with van der Waals surface area (Å²) in [6, 6.07) is 7.67. The number of anilines is 2. The Hall–Kier alpha value is -4.26. The number of hydrogen-bond acceptors (Lipinski definition) is 6. The molecule has 1 aromatic carbocycles. The number of amides is 3. The Kier molecular flexibility index (Phi) is 8.00. The summed E-state index contributed by atoms with van der Waals surface area (Å²) in [5.41, 5.74) is -0.929. The third-order valence-corrected chi connectivity index (χ3v) is 6.43. The van der Waals surface area contributed by atoms with Crippen LogP contribution in [0.2, 0.25) is 0 Å². The molecule has 0 aliphatic heterocycles. The maximum absolute atomic E-state index is 13.4. The van der Waals surface area contributed by atoms with E-state index in [1.54, 1.807) is 31.2 Å². The molecule has 3 heterocycles. The molecule has 0 saturated heterocycles. The normalized spacial score (nSPS) is 11.6. The maximum Gasteiger partial charge on any atom is 0.434 e. The fourth-order valence-electron chi connectivity index (χ4n) is 3.89. The van der Waals surface area contributed by atoms with Crippen molar-refractivity contribution in [2.75, 3.05) is 17.2 Å². The number of fused-ring (bicyclic) bond motifs is 1. The Labute approximate surface area is 225 Å². The van der Waals surface area contributed by atoms with Crippen LogP contribution in [0, 0.1) is 5.92 Å². The molecule has 0 aliphatic rings. The zero-order valence-electron chi connectivity index (χ0n) is 21.2. The van der Waals surface area contributed by atoms with E-state index in [9.17, 15) is 27.6 Å². The largest absolute Gasteiger partial charge is 0.434 e. The lowest BCUT2D eigenvalue weighted by atomic mass is 10.1. The van der Waals surface area contributed by atoms with Gasteiger partial charge in [-0.15, -0.1) is 11.3 Å². The van der Waals surface area contributed by atoms with Crippen LogP contribution < -0.4 is 21.4 Å². The quantitative estimate of drug-likeness (QED) is 0.273. The summed E-state index contributed by atoms with van der Waals surface area (Å²) in [7, 11) is 0. The molecule has 0 unspecified atom stereocenters. The monoisotopic (exact) mass is 558 g/mol. The van der Waals surface area contributed by atoms with Gasteiger partial charge in [-0.05, 0) is 31.0 Å². The first-order valence-corrected chi connectivity index (χ1v) is 12.9. The molecule has 0 atom stereocenters. The Balaban J connectivity index is 1.77. The summed E-state index contributed by atoms with van der Waals surface area (Å²) >= 11 is 0.714. The van der Waals surface area contributed by atoms with Gasteiger partial charge < -0.3 is 15.2 Å². The Morgan fingerprint density at radius 1 is 1.15 bits per heavy atom. The van der Waals surface area contributed by atoms with Crippen molar-refractivity contribution in [2.45, 2.75) is 33.5 Å². The molecule has 4 rings (SSSR count). The molecule has 3 aromatic heterocycles. The van der Waals surface area contributed by atoms with Gasteiger partial charge in [0.2, 0.25) is 5.43 Å². The lowest BCUT2D eigenvalue weighted by molar-refractivity contribution is -0.140. The molecule has 0 fully saturated rings. The van der Waals surface area contributed by atoms with Crippen LogP contribution in [0.25, 0.3) is 21.5 Å². The van der Waals surface area contributed by atoms with Gasteiger partial charge in [0, 0.05) is 35.6 Å². The summed E-state index contributed by atoms with van der Waals surface area (Å²) < 4.78 is 41.6. The van der Waals surface area contributed by atoms with E-state index in [4.69, 9.17) is 0 Å². The fourth-order valence-corrected chi connectivity index (χ4v) is 4.75. The molecular formula is C26H25F3N6O3S. The molecule has 0 spiro atoms. The predicted octanol–water partition coefficient (Wildman–Crippen LogP) is 5.59. The van der Waals surface area contributed by atoms with Gasteiger partial charge in [-0.25, -0.2) is 14.8 Å². The van der Waals surface area contributed by atoms with Crippen molar-refractivity contribution in [1.29, 1.82) is 0 Å². The van der Waals surface area contributed by atoms with Gasteiger partial charge >= 0.3 is 12.2 Å². The number of thiazole rings is 1. The van der Waals surface area contributed by atoms with Gasteiger partial charge in [-0.3, -0.25) is 14.9 Å². The van der Waals surface area contributed by atoms with E-state index in [1.165, 1.54) is 18.5 Å². The number of carbonyl (C=O) groups excluding carboxylic acids is 2. The van der Waals surface area contributed by atoms with Crippen LogP contribution in [0.15, 0.2) is 52.9 Å². The molecule has 39 heavy (non-hydrogen) atoms. The molecule has 9 nitrogen and oxygen atoms in total. The number of halogens is 3. The third kappa shape index (κ3) is 6.25. The van der Waals surface area contributed by atoms with E-state index in [0.29, 0.717) is 35.3 Å². The molecule has 3 N–H and O–H groups in total. The average molecular weight is 559 g/mol. The highest BCUT2D eigenvalue weighted by Crippen LogP contribution is 2.37. The summed E-state index contributed by atoms with van der Waals surface area (Å²) in [4.78, 5) is 46.4. The number of pyridine rings is 2. The number of urea groups is 1. The van der Waals surface area contributed by atoms with Crippen molar-refractivity contribution >= 4 is 45.7 Å². The van der Waals surface area contributed by atoms with E-state index < -0.39 is 29.2 Å². The zero-order chi connectivity index (χ0) is 28.3. The highest BCUT2D eigenvalue weighted by Gasteiger charge is 2.34. The van der Waals surface area contributed by atoms with Crippen molar-refractivity contribution in [3.8, 4) is 10.6 Å². The van der Waals surface area contributed by atoms with E-state index in [2.05, 4.69) is 25.9 Å². The van der Waals surface area contributed by atoms with Crippen molar-refractivity contribution in [3.63, 3.8) is 0 Å². The van der Waals surface area contributed by atoms with E-state index in [-0.39, 0.29) is 33.6 Å². The smallest absolute Gasteiger partial charge is 0.346 e. The second-order valence-corrected chi connectivity index (χ2v) is 9.88. The molecule has 13 heteroatoms. The SMILES string of the molecule is CCNC(=O)Nc1cc(-c2nc(C(F)(F)F)cs2)c(NC(=O)c2cn(CC(C)C)c3ccccc3c2=O)cn1. The van der Waals surface area contributed by atoms with Crippen molar-refractivity contribution in [3.05, 3.63) is 69.6 Å². The van der Waals surface area contributed by atoms with Crippen LogP contribution >= 0.6 is 11.3 Å². The Morgan fingerprint density at radius 3 is 2.56 bits per heavy atom. The van der Waals surface area contributed by atoms with Crippen LogP contribution in [0.1, 0.15) is 36.8 Å². The lowest BCUT2D eigenvalue weighted by Crippen LogP contribution is -2.28. The zero-order valence-corrected chi connectivity index (χ0v) is 22.0.